The van der Waals surface area contributed by atoms with Crippen molar-refractivity contribution in [1.29, 1.82) is 0 Å². The zero-order chi connectivity index (χ0) is 14.7. The van der Waals surface area contributed by atoms with Crippen molar-refractivity contribution in [2.45, 2.75) is 18.9 Å². The molecule has 0 aliphatic carbocycles. The molecule has 1 unspecified atom stereocenters. The molecule has 1 aromatic carbocycles. The van der Waals surface area contributed by atoms with Crippen LogP contribution in [0.2, 0.25) is 0 Å². The first-order chi connectivity index (χ1) is 10.2. The minimum Gasteiger partial charge on any atom is -0.354 e. The quantitative estimate of drug-likeness (QED) is 0.823. The van der Waals surface area contributed by atoms with Gasteiger partial charge in [-0.25, -0.2) is 0 Å². The van der Waals surface area contributed by atoms with Crippen LogP contribution in [0.3, 0.4) is 0 Å². The van der Waals surface area contributed by atoms with E-state index in [4.69, 9.17) is 0 Å². The second-order valence-corrected chi connectivity index (χ2v) is 7.69. The SMILES string of the molecule is Cl.O=C(Cc1ccc(Br)s1)NCC1NCCc2ccccc21. The monoisotopic (exact) mass is 400 g/mol. The fourth-order valence-electron chi connectivity index (χ4n) is 2.66. The summed E-state index contributed by atoms with van der Waals surface area (Å²) in [6, 6.07) is 12.6. The van der Waals surface area contributed by atoms with Crippen molar-refractivity contribution in [3.05, 3.63) is 56.2 Å². The number of carbonyl (C=O) groups is 1. The van der Waals surface area contributed by atoms with Gasteiger partial charge in [-0.2, -0.15) is 0 Å². The number of amides is 1. The van der Waals surface area contributed by atoms with Crippen LogP contribution in [0.25, 0.3) is 0 Å². The van der Waals surface area contributed by atoms with Gasteiger partial charge in [-0.15, -0.1) is 23.7 Å². The summed E-state index contributed by atoms with van der Waals surface area (Å²) in [5, 5.41) is 6.52. The van der Waals surface area contributed by atoms with E-state index in [1.165, 1.54) is 11.1 Å². The molecule has 1 aromatic heterocycles. The molecule has 0 radical (unpaired) electrons. The number of fused-ring (bicyclic) bond motifs is 1. The Morgan fingerprint density at radius 3 is 2.91 bits per heavy atom. The van der Waals surface area contributed by atoms with Gasteiger partial charge < -0.3 is 10.6 Å². The number of carbonyl (C=O) groups excluding carboxylic acids is 1. The Kier molecular flexibility index (Phi) is 6.44. The largest absolute Gasteiger partial charge is 0.354 e. The number of benzene rings is 1. The van der Waals surface area contributed by atoms with E-state index in [-0.39, 0.29) is 24.4 Å². The summed E-state index contributed by atoms with van der Waals surface area (Å²) in [7, 11) is 0. The van der Waals surface area contributed by atoms with Crippen molar-refractivity contribution in [2.24, 2.45) is 0 Å². The number of halogens is 2. The van der Waals surface area contributed by atoms with Gasteiger partial charge in [0.25, 0.3) is 0 Å². The third kappa shape index (κ3) is 4.32. The molecule has 3 rings (SSSR count). The number of hydrogen-bond donors (Lipinski definition) is 2. The molecule has 2 aromatic rings. The van der Waals surface area contributed by atoms with E-state index in [0.29, 0.717) is 13.0 Å². The number of thiophene rings is 1. The van der Waals surface area contributed by atoms with Gasteiger partial charge in [-0.3, -0.25) is 4.79 Å². The molecule has 2 N–H and O–H groups in total. The van der Waals surface area contributed by atoms with Crippen molar-refractivity contribution in [3.63, 3.8) is 0 Å². The fraction of sp³-hybridized carbons (Fsp3) is 0.312. The van der Waals surface area contributed by atoms with Crippen LogP contribution in [-0.4, -0.2) is 19.0 Å². The maximum absolute atomic E-state index is 12.0. The summed E-state index contributed by atoms with van der Waals surface area (Å²) in [4.78, 5) is 13.1. The average molecular weight is 402 g/mol. The molecular weight excluding hydrogens is 384 g/mol. The Labute approximate surface area is 149 Å². The topological polar surface area (TPSA) is 41.1 Å². The average Bonchev–Trinajstić information content (AvgIpc) is 2.90. The highest BCUT2D eigenvalue weighted by atomic mass is 79.9. The molecular formula is C16H18BrClN2OS. The van der Waals surface area contributed by atoms with Crippen molar-refractivity contribution < 1.29 is 4.79 Å². The van der Waals surface area contributed by atoms with Crippen LogP contribution in [0.1, 0.15) is 22.0 Å². The Bertz CT molecular complexity index is 647. The van der Waals surface area contributed by atoms with Crippen molar-refractivity contribution >= 4 is 45.6 Å². The third-order valence-electron chi connectivity index (χ3n) is 3.68. The lowest BCUT2D eigenvalue weighted by atomic mass is 9.94. The molecule has 1 aliphatic heterocycles. The Balaban J connectivity index is 0.00000176. The van der Waals surface area contributed by atoms with E-state index in [0.717, 1.165) is 21.6 Å². The minimum atomic E-state index is 0. The van der Waals surface area contributed by atoms with Crippen molar-refractivity contribution in [3.8, 4) is 0 Å². The maximum Gasteiger partial charge on any atom is 0.225 e. The van der Waals surface area contributed by atoms with Gasteiger partial charge >= 0.3 is 0 Å². The van der Waals surface area contributed by atoms with Crippen molar-refractivity contribution in [2.75, 3.05) is 13.1 Å². The third-order valence-corrected chi connectivity index (χ3v) is 5.31. The molecule has 2 heterocycles. The Morgan fingerprint density at radius 1 is 1.32 bits per heavy atom. The van der Waals surface area contributed by atoms with Crippen LogP contribution >= 0.6 is 39.7 Å². The lowest BCUT2D eigenvalue weighted by Crippen LogP contribution is -2.39. The molecule has 118 valence electrons. The Hall–Kier alpha value is -0.880. The highest BCUT2D eigenvalue weighted by Crippen LogP contribution is 2.23. The molecule has 3 nitrogen and oxygen atoms in total. The summed E-state index contributed by atoms with van der Waals surface area (Å²) in [6.07, 6.45) is 1.51. The van der Waals surface area contributed by atoms with E-state index < -0.39 is 0 Å². The second kappa shape index (κ2) is 8.11. The highest BCUT2D eigenvalue weighted by molar-refractivity contribution is 9.11. The molecule has 0 saturated carbocycles. The Morgan fingerprint density at radius 2 is 2.14 bits per heavy atom. The van der Waals surface area contributed by atoms with E-state index in [1.54, 1.807) is 11.3 Å². The summed E-state index contributed by atoms with van der Waals surface area (Å²) < 4.78 is 1.06. The molecule has 1 aliphatic rings. The van der Waals surface area contributed by atoms with Gasteiger partial charge in [0, 0.05) is 17.5 Å². The first kappa shape index (κ1) is 17.5. The van der Waals surface area contributed by atoms with E-state index >= 15 is 0 Å². The minimum absolute atomic E-state index is 0. The first-order valence-corrected chi connectivity index (χ1v) is 8.65. The lowest BCUT2D eigenvalue weighted by molar-refractivity contribution is -0.120. The first-order valence-electron chi connectivity index (χ1n) is 7.04. The molecule has 0 bridgehead atoms. The predicted molar refractivity (Wildman–Crippen MR) is 96.9 cm³/mol. The molecule has 1 amide bonds. The summed E-state index contributed by atoms with van der Waals surface area (Å²) >= 11 is 5.02. The van der Waals surface area contributed by atoms with Crippen LogP contribution in [0.4, 0.5) is 0 Å². The van der Waals surface area contributed by atoms with Gasteiger partial charge in [-0.1, -0.05) is 24.3 Å². The molecule has 1 atom stereocenters. The lowest BCUT2D eigenvalue weighted by Gasteiger charge is -2.27. The van der Waals surface area contributed by atoms with Crippen LogP contribution in [0.15, 0.2) is 40.2 Å². The van der Waals surface area contributed by atoms with E-state index in [9.17, 15) is 4.79 Å². The van der Waals surface area contributed by atoms with Gasteiger partial charge in [0.1, 0.15) is 0 Å². The molecule has 0 spiro atoms. The normalized spacial score (nSPS) is 16.5. The van der Waals surface area contributed by atoms with Crippen LogP contribution in [-0.2, 0) is 17.6 Å². The number of nitrogens with one attached hydrogen (secondary N) is 2. The molecule has 0 fully saturated rings. The van der Waals surface area contributed by atoms with Crippen LogP contribution in [0.5, 0.6) is 0 Å². The second-order valence-electron chi connectivity index (χ2n) is 5.14. The zero-order valence-electron chi connectivity index (χ0n) is 12.0. The molecule has 0 saturated heterocycles. The summed E-state index contributed by atoms with van der Waals surface area (Å²) in [6.45, 7) is 1.61. The molecule has 6 heteroatoms. The van der Waals surface area contributed by atoms with E-state index in [1.807, 2.05) is 12.1 Å². The fourth-order valence-corrected chi connectivity index (χ4v) is 4.14. The van der Waals surface area contributed by atoms with Crippen molar-refractivity contribution in [1.82, 2.24) is 10.6 Å². The van der Waals surface area contributed by atoms with E-state index in [2.05, 4.69) is 50.8 Å². The van der Waals surface area contributed by atoms with Crippen LogP contribution < -0.4 is 10.6 Å². The smallest absolute Gasteiger partial charge is 0.225 e. The summed E-state index contributed by atoms with van der Waals surface area (Å²) in [5.74, 6) is 0.0780. The molecule has 22 heavy (non-hydrogen) atoms. The van der Waals surface area contributed by atoms with Gasteiger partial charge in [0.05, 0.1) is 10.2 Å². The van der Waals surface area contributed by atoms with Crippen LogP contribution in [0, 0.1) is 0 Å². The predicted octanol–water partition coefficient (Wildman–Crippen LogP) is 3.48. The van der Waals surface area contributed by atoms with Gasteiger partial charge in [0.2, 0.25) is 5.91 Å². The maximum atomic E-state index is 12.0. The number of hydrogen-bond acceptors (Lipinski definition) is 3. The van der Waals surface area contributed by atoms with Gasteiger partial charge in [0.15, 0.2) is 0 Å². The standard InChI is InChI=1S/C16H17BrN2OS.ClH/c17-15-6-5-12(21-15)9-16(20)19-10-14-13-4-2-1-3-11(13)7-8-18-14;/h1-6,14,18H,7-10H2,(H,19,20);1H. The summed E-state index contributed by atoms with van der Waals surface area (Å²) in [5.41, 5.74) is 2.70. The zero-order valence-corrected chi connectivity index (χ0v) is 15.2. The van der Waals surface area contributed by atoms with Gasteiger partial charge in [-0.05, 0) is 52.2 Å². The highest BCUT2D eigenvalue weighted by Gasteiger charge is 2.19. The number of rotatable bonds is 4.